The van der Waals surface area contributed by atoms with Crippen LogP contribution < -0.4 is 4.90 Å². The second kappa shape index (κ2) is 5.89. The van der Waals surface area contributed by atoms with Crippen molar-refractivity contribution in [2.24, 2.45) is 0 Å². The van der Waals surface area contributed by atoms with Crippen LogP contribution in [0.15, 0.2) is 48.7 Å². The predicted molar refractivity (Wildman–Crippen MR) is 82.6 cm³/mol. The van der Waals surface area contributed by atoms with Gasteiger partial charge >= 0.3 is 0 Å². The Bertz CT molecular complexity index is 668. The topological polar surface area (TPSA) is 53.4 Å². The monoisotopic (exact) mass is 280 g/mol. The molecule has 1 aromatic carbocycles. The molecule has 21 heavy (non-hydrogen) atoms. The molecule has 0 saturated carbocycles. The van der Waals surface area contributed by atoms with Gasteiger partial charge in [-0.2, -0.15) is 0 Å². The van der Waals surface area contributed by atoms with Crippen LogP contribution in [-0.2, 0) is 4.79 Å². The molecule has 4 heteroatoms. The van der Waals surface area contributed by atoms with Crippen molar-refractivity contribution in [2.75, 3.05) is 11.4 Å². The van der Waals surface area contributed by atoms with Crippen LogP contribution >= 0.6 is 0 Å². The summed E-state index contributed by atoms with van der Waals surface area (Å²) in [5.74, 6) is -0.0339. The van der Waals surface area contributed by atoms with Crippen LogP contribution in [0.5, 0.6) is 0 Å². The number of benzene rings is 1. The van der Waals surface area contributed by atoms with E-state index in [4.69, 9.17) is 0 Å². The quantitative estimate of drug-likeness (QED) is 0.939. The maximum Gasteiger partial charge on any atom is 0.229 e. The maximum atomic E-state index is 11.8. The van der Waals surface area contributed by atoms with E-state index in [0.29, 0.717) is 6.54 Å². The zero-order valence-corrected chi connectivity index (χ0v) is 11.5. The third-order valence-electron chi connectivity index (χ3n) is 3.42. The van der Waals surface area contributed by atoms with Crippen molar-refractivity contribution in [1.82, 2.24) is 4.98 Å². The lowest BCUT2D eigenvalue weighted by atomic mass is 10.1. The molecule has 1 aliphatic rings. The fourth-order valence-electron chi connectivity index (χ4n) is 2.39. The van der Waals surface area contributed by atoms with E-state index >= 15 is 0 Å². The van der Waals surface area contributed by atoms with Crippen molar-refractivity contribution in [3.8, 4) is 0 Å². The lowest BCUT2D eigenvalue weighted by Crippen LogP contribution is -2.25. The molecule has 1 atom stereocenters. The molecule has 106 valence electrons. The first-order valence-electron chi connectivity index (χ1n) is 6.90. The van der Waals surface area contributed by atoms with Gasteiger partial charge in [-0.3, -0.25) is 9.78 Å². The number of carbonyl (C=O) groups excluding carboxylic acids is 1. The number of pyridine rings is 1. The van der Waals surface area contributed by atoms with E-state index < -0.39 is 6.10 Å². The predicted octanol–water partition coefficient (Wildman–Crippen LogP) is 2.35. The van der Waals surface area contributed by atoms with Crippen molar-refractivity contribution >= 4 is 23.7 Å². The summed E-state index contributed by atoms with van der Waals surface area (Å²) < 4.78 is 0. The number of rotatable bonds is 3. The van der Waals surface area contributed by atoms with Gasteiger partial charge < -0.3 is 10.0 Å². The second-order valence-corrected chi connectivity index (χ2v) is 5.05. The van der Waals surface area contributed by atoms with Crippen molar-refractivity contribution in [3.63, 3.8) is 0 Å². The number of anilines is 1. The Morgan fingerprint density at radius 3 is 2.81 bits per heavy atom. The molecule has 1 aromatic heterocycles. The molecular formula is C17H16N2O2. The summed E-state index contributed by atoms with van der Waals surface area (Å²) in [5, 5.41) is 9.57. The van der Waals surface area contributed by atoms with E-state index in [1.54, 1.807) is 11.1 Å². The Kier molecular flexibility index (Phi) is 3.79. The smallest absolute Gasteiger partial charge is 0.229 e. The highest BCUT2D eigenvalue weighted by molar-refractivity contribution is 5.96. The van der Waals surface area contributed by atoms with Gasteiger partial charge in [0.05, 0.1) is 24.8 Å². The van der Waals surface area contributed by atoms with E-state index in [-0.39, 0.29) is 12.3 Å². The van der Waals surface area contributed by atoms with E-state index in [1.165, 1.54) is 0 Å². The van der Waals surface area contributed by atoms with E-state index in [0.717, 1.165) is 16.9 Å². The standard InChI is InChI=1S/C17H16N2O2/c20-16-11-17(21)19(12-16)15-6-3-4-13(10-15)7-8-14-5-1-2-9-18-14/h1-10,16,20H,11-12H2. The molecule has 1 fully saturated rings. The van der Waals surface area contributed by atoms with Crippen LogP contribution in [0.25, 0.3) is 12.2 Å². The molecule has 2 aromatic rings. The average molecular weight is 280 g/mol. The van der Waals surface area contributed by atoms with Gasteiger partial charge in [0.15, 0.2) is 0 Å². The van der Waals surface area contributed by atoms with Crippen molar-refractivity contribution in [2.45, 2.75) is 12.5 Å². The molecule has 0 bridgehead atoms. The van der Waals surface area contributed by atoms with Crippen LogP contribution in [0.1, 0.15) is 17.7 Å². The van der Waals surface area contributed by atoms with Gasteiger partial charge in [-0.1, -0.05) is 24.3 Å². The number of carbonyl (C=O) groups is 1. The van der Waals surface area contributed by atoms with Gasteiger partial charge in [0.1, 0.15) is 0 Å². The molecule has 1 N–H and O–H groups in total. The van der Waals surface area contributed by atoms with Crippen LogP contribution in [0.3, 0.4) is 0 Å². The van der Waals surface area contributed by atoms with Crippen molar-refractivity contribution in [3.05, 3.63) is 59.9 Å². The number of hydrogen-bond donors (Lipinski definition) is 1. The van der Waals surface area contributed by atoms with Crippen molar-refractivity contribution in [1.29, 1.82) is 0 Å². The minimum Gasteiger partial charge on any atom is -0.391 e. The SMILES string of the molecule is O=C1CC(O)CN1c1cccc(C=Cc2ccccn2)c1. The Balaban J connectivity index is 1.81. The molecule has 0 radical (unpaired) electrons. The summed E-state index contributed by atoms with van der Waals surface area (Å²) in [6.07, 6.45) is 5.28. The summed E-state index contributed by atoms with van der Waals surface area (Å²) in [6.45, 7) is 0.367. The fraction of sp³-hybridized carbons (Fsp3) is 0.176. The molecule has 1 saturated heterocycles. The van der Waals surface area contributed by atoms with E-state index in [9.17, 15) is 9.90 Å². The van der Waals surface area contributed by atoms with Crippen molar-refractivity contribution < 1.29 is 9.90 Å². The Morgan fingerprint density at radius 1 is 1.19 bits per heavy atom. The molecular weight excluding hydrogens is 264 g/mol. The maximum absolute atomic E-state index is 11.8. The zero-order valence-electron chi connectivity index (χ0n) is 11.5. The number of amides is 1. The average Bonchev–Trinajstić information content (AvgIpc) is 2.85. The molecule has 3 rings (SSSR count). The molecule has 1 aliphatic heterocycles. The Hall–Kier alpha value is -2.46. The highest BCUT2D eigenvalue weighted by atomic mass is 16.3. The first-order chi connectivity index (χ1) is 10.2. The summed E-state index contributed by atoms with van der Waals surface area (Å²) in [5.41, 5.74) is 2.70. The summed E-state index contributed by atoms with van der Waals surface area (Å²) >= 11 is 0. The second-order valence-electron chi connectivity index (χ2n) is 5.05. The molecule has 2 heterocycles. The Morgan fingerprint density at radius 2 is 2.10 bits per heavy atom. The number of nitrogens with zero attached hydrogens (tertiary/aromatic N) is 2. The first kappa shape index (κ1) is 13.5. The van der Waals surface area contributed by atoms with E-state index in [1.807, 2.05) is 54.6 Å². The highest BCUT2D eigenvalue weighted by Crippen LogP contribution is 2.23. The van der Waals surface area contributed by atoms with Crippen LogP contribution in [0.4, 0.5) is 5.69 Å². The Labute approximate surface area is 123 Å². The van der Waals surface area contributed by atoms with Gasteiger partial charge in [-0.05, 0) is 35.9 Å². The van der Waals surface area contributed by atoms with E-state index in [2.05, 4.69) is 4.98 Å². The highest BCUT2D eigenvalue weighted by Gasteiger charge is 2.28. The number of hydrogen-bond acceptors (Lipinski definition) is 3. The number of aliphatic hydroxyl groups excluding tert-OH is 1. The first-order valence-corrected chi connectivity index (χ1v) is 6.90. The molecule has 0 spiro atoms. The van der Waals surface area contributed by atoms with Gasteiger partial charge in [0.2, 0.25) is 5.91 Å². The third-order valence-corrected chi connectivity index (χ3v) is 3.42. The zero-order chi connectivity index (χ0) is 14.7. The van der Waals surface area contributed by atoms with Gasteiger partial charge in [0, 0.05) is 11.9 Å². The molecule has 1 unspecified atom stereocenters. The third kappa shape index (κ3) is 3.17. The fourth-order valence-corrected chi connectivity index (χ4v) is 2.39. The van der Waals surface area contributed by atoms with Gasteiger partial charge in [0.25, 0.3) is 0 Å². The number of aliphatic hydroxyl groups is 1. The van der Waals surface area contributed by atoms with Gasteiger partial charge in [-0.25, -0.2) is 0 Å². The molecule has 4 nitrogen and oxygen atoms in total. The number of β-amino-alcohol motifs (C(OH)–C–C–N with tert-alkyl or cyclic N) is 1. The minimum atomic E-state index is -0.565. The summed E-state index contributed by atoms with van der Waals surface area (Å²) in [7, 11) is 0. The normalized spacial score (nSPS) is 18.6. The van der Waals surface area contributed by atoms with Crippen LogP contribution in [-0.4, -0.2) is 28.6 Å². The lowest BCUT2D eigenvalue weighted by molar-refractivity contribution is -0.117. The van der Waals surface area contributed by atoms with Gasteiger partial charge in [-0.15, -0.1) is 0 Å². The van der Waals surface area contributed by atoms with Crippen LogP contribution in [0, 0.1) is 0 Å². The lowest BCUT2D eigenvalue weighted by Gasteiger charge is -2.16. The summed E-state index contributed by atoms with van der Waals surface area (Å²) in [6, 6.07) is 13.4. The minimum absolute atomic E-state index is 0.0339. The number of aromatic nitrogens is 1. The summed E-state index contributed by atoms with van der Waals surface area (Å²) in [4.78, 5) is 17.7. The molecule has 1 amide bonds. The molecule has 0 aliphatic carbocycles. The van der Waals surface area contributed by atoms with Crippen LogP contribution in [0.2, 0.25) is 0 Å². The largest absolute Gasteiger partial charge is 0.391 e.